The molecule has 0 bridgehead atoms. The number of ether oxygens (including phenoxy) is 1. The Hall–Kier alpha value is -1.69. The van der Waals surface area contributed by atoms with Crippen LogP contribution in [0.15, 0.2) is 24.3 Å². The van der Waals surface area contributed by atoms with E-state index in [1.54, 1.807) is 23.8 Å². The molecule has 2 fully saturated rings. The maximum atomic E-state index is 12.6. The van der Waals surface area contributed by atoms with Gasteiger partial charge in [-0.1, -0.05) is 12.1 Å². The van der Waals surface area contributed by atoms with Crippen molar-refractivity contribution in [3.8, 4) is 5.75 Å². The Labute approximate surface area is 134 Å². The summed E-state index contributed by atoms with van der Waals surface area (Å²) in [5.74, 6) is 2.06. The third-order valence-corrected chi connectivity index (χ3v) is 5.17. The van der Waals surface area contributed by atoms with Crippen LogP contribution in [-0.2, 0) is 9.59 Å². The fraction of sp³-hybridized carbons (Fsp3) is 0.500. The zero-order valence-corrected chi connectivity index (χ0v) is 13.5. The van der Waals surface area contributed by atoms with Crippen molar-refractivity contribution in [2.45, 2.75) is 18.9 Å². The van der Waals surface area contributed by atoms with Crippen molar-refractivity contribution in [2.75, 3.05) is 31.8 Å². The summed E-state index contributed by atoms with van der Waals surface area (Å²) in [5.41, 5.74) is 1.13. The van der Waals surface area contributed by atoms with Crippen LogP contribution in [-0.4, -0.2) is 53.4 Å². The number of benzene rings is 1. The summed E-state index contributed by atoms with van der Waals surface area (Å²) in [7, 11) is 1.64. The van der Waals surface area contributed by atoms with E-state index < -0.39 is 0 Å². The number of methoxy groups -OCH3 is 1. The molecule has 2 heterocycles. The second-order valence-corrected chi connectivity index (χ2v) is 6.54. The van der Waals surface area contributed by atoms with Crippen LogP contribution in [0.3, 0.4) is 0 Å². The highest BCUT2D eigenvalue weighted by molar-refractivity contribution is 8.00. The lowest BCUT2D eigenvalue weighted by atomic mass is 10.0. The number of likely N-dealkylation sites (tertiary alicyclic amines) is 1. The lowest BCUT2D eigenvalue weighted by Crippen LogP contribution is -2.40. The maximum Gasteiger partial charge on any atom is 0.242 e. The largest absolute Gasteiger partial charge is 0.497 e. The van der Waals surface area contributed by atoms with Gasteiger partial charge in [-0.25, -0.2) is 0 Å². The minimum Gasteiger partial charge on any atom is -0.497 e. The monoisotopic (exact) mass is 320 g/mol. The second-order valence-electron chi connectivity index (χ2n) is 5.59. The summed E-state index contributed by atoms with van der Waals surface area (Å²) in [4.78, 5) is 27.8. The first-order valence-corrected chi connectivity index (χ1v) is 8.63. The van der Waals surface area contributed by atoms with Crippen LogP contribution in [0.5, 0.6) is 5.75 Å². The molecule has 1 aromatic rings. The number of amides is 2. The first-order valence-electron chi connectivity index (χ1n) is 7.48. The number of hydrogen-bond donors (Lipinski definition) is 0. The number of hydrogen-bond acceptors (Lipinski definition) is 4. The maximum absolute atomic E-state index is 12.6. The van der Waals surface area contributed by atoms with E-state index in [4.69, 9.17) is 4.74 Å². The Morgan fingerprint density at radius 2 is 2.14 bits per heavy atom. The fourth-order valence-corrected chi connectivity index (χ4v) is 3.94. The molecule has 3 rings (SSSR count). The lowest BCUT2D eigenvalue weighted by molar-refractivity contribution is -0.138. The van der Waals surface area contributed by atoms with Crippen molar-refractivity contribution in [3.05, 3.63) is 29.8 Å². The van der Waals surface area contributed by atoms with Crippen molar-refractivity contribution >= 4 is 23.6 Å². The second kappa shape index (κ2) is 6.60. The highest BCUT2D eigenvalue weighted by Gasteiger charge is 2.32. The van der Waals surface area contributed by atoms with E-state index in [0.717, 1.165) is 30.7 Å². The number of thioether (sulfide) groups is 1. The number of carbonyl (C=O) groups excluding carboxylic acids is 2. The Morgan fingerprint density at radius 3 is 2.77 bits per heavy atom. The van der Waals surface area contributed by atoms with Crippen LogP contribution in [0.25, 0.3) is 0 Å². The molecule has 5 nitrogen and oxygen atoms in total. The van der Waals surface area contributed by atoms with E-state index in [0.29, 0.717) is 11.6 Å². The molecule has 2 aliphatic rings. The molecular weight excluding hydrogens is 300 g/mol. The van der Waals surface area contributed by atoms with Gasteiger partial charge in [0.25, 0.3) is 0 Å². The van der Waals surface area contributed by atoms with Gasteiger partial charge < -0.3 is 14.5 Å². The van der Waals surface area contributed by atoms with Gasteiger partial charge in [0.2, 0.25) is 11.8 Å². The van der Waals surface area contributed by atoms with Gasteiger partial charge in [-0.05, 0) is 30.5 Å². The third kappa shape index (κ3) is 3.06. The summed E-state index contributed by atoms with van der Waals surface area (Å²) in [6.07, 6.45) is 1.98. The summed E-state index contributed by atoms with van der Waals surface area (Å²) in [6, 6.07) is 8.01. The van der Waals surface area contributed by atoms with E-state index in [-0.39, 0.29) is 24.4 Å². The van der Waals surface area contributed by atoms with E-state index >= 15 is 0 Å². The van der Waals surface area contributed by atoms with Gasteiger partial charge >= 0.3 is 0 Å². The van der Waals surface area contributed by atoms with Crippen LogP contribution in [0.2, 0.25) is 0 Å². The standard InChI is InChI=1S/C16H20N2O3S/c1-21-13-6-4-12(5-7-13)14-3-2-8-18(14)15(19)9-17-11-22-10-16(17)20/h4-7,14H,2-3,8-11H2,1H3/t14-/m1/s1. The van der Waals surface area contributed by atoms with E-state index in [1.807, 2.05) is 29.2 Å². The van der Waals surface area contributed by atoms with Gasteiger partial charge in [-0.15, -0.1) is 11.8 Å². The average Bonchev–Trinajstić information content (AvgIpc) is 3.17. The number of nitrogens with zero attached hydrogens (tertiary/aromatic N) is 2. The summed E-state index contributed by atoms with van der Waals surface area (Å²) < 4.78 is 5.18. The Kier molecular flexibility index (Phi) is 4.57. The molecule has 1 aromatic carbocycles. The van der Waals surface area contributed by atoms with Crippen molar-refractivity contribution < 1.29 is 14.3 Å². The van der Waals surface area contributed by atoms with Crippen LogP contribution in [0, 0.1) is 0 Å². The molecule has 0 unspecified atom stereocenters. The van der Waals surface area contributed by atoms with Crippen molar-refractivity contribution in [1.82, 2.24) is 9.80 Å². The van der Waals surface area contributed by atoms with Gasteiger partial charge in [0.15, 0.2) is 0 Å². The van der Waals surface area contributed by atoms with Gasteiger partial charge in [-0.2, -0.15) is 0 Å². The van der Waals surface area contributed by atoms with Crippen molar-refractivity contribution in [1.29, 1.82) is 0 Å². The molecule has 2 saturated heterocycles. The smallest absolute Gasteiger partial charge is 0.242 e. The molecule has 2 amide bonds. The van der Waals surface area contributed by atoms with E-state index in [1.165, 1.54) is 0 Å². The quantitative estimate of drug-likeness (QED) is 0.850. The van der Waals surface area contributed by atoms with Crippen LogP contribution < -0.4 is 4.74 Å². The molecule has 0 saturated carbocycles. The molecule has 0 N–H and O–H groups in total. The predicted molar refractivity (Wildman–Crippen MR) is 85.7 cm³/mol. The first-order chi connectivity index (χ1) is 10.7. The van der Waals surface area contributed by atoms with Gasteiger partial charge in [0.05, 0.1) is 24.8 Å². The summed E-state index contributed by atoms with van der Waals surface area (Å²) >= 11 is 1.57. The van der Waals surface area contributed by atoms with Crippen molar-refractivity contribution in [2.24, 2.45) is 0 Å². The minimum atomic E-state index is 0.0502. The third-order valence-electron chi connectivity index (χ3n) is 4.23. The average molecular weight is 320 g/mol. The molecule has 118 valence electrons. The normalized spacial score (nSPS) is 21.5. The molecule has 0 spiro atoms. The molecule has 22 heavy (non-hydrogen) atoms. The number of carbonyl (C=O) groups is 2. The topological polar surface area (TPSA) is 49.9 Å². The lowest BCUT2D eigenvalue weighted by Gasteiger charge is -2.27. The summed E-state index contributed by atoms with van der Waals surface area (Å²) in [5, 5.41) is 0. The first kappa shape index (κ1) is 15.2. The van der Waals surface area contributed by atoms with Crippen molar-refractivity contribution in [3.63, 3.8) is 0 Å². The number of rotatable bonds is 4. The Balaban J connectivity index is 1.69. The van der Waals surface area contributed by atoms with Crippen LogP contribution in [0.1, 0.15) is 24.4 Å². The highest BCUT2D eigenvalue weighted by atomic mass is 32.2. The Morgan fingerprint density at radius 1 is 1.36 bits per heavy atom. The van der Waals surface area contributed by atoms with E-state index in [2.05, 4.69) is 0 Å². The van der Waals surface area contributed by atoms with E-state index in [9.17, 15) is 9.59 Å². The highest BCUT2D eigenvalue weighted by Crippen LogP contribution is 2.33. The molecule has 6 heteroatoms. The Bertz CT molecular complexity index is 561. The summed E-state index contributed by atoms with van der Waals surface area (Å²) in [6.45, 7) is 0.975. The molecule has 0 aliphatic carbocycles. The molecule has 2 aliphatic heterocycles. The zero-order chi connectivity index (χ0) is 15.5. The van der Waals surface area contributed by atoms with Gasteiger partial charge in [0, 0.05) is 6.54 Å². The minimum absolute atomic E-state index is 0.0502. The molecule has 0 radical (unpaired) electrons. The molecule has 1 atom stereocenters. The SMILES string of the molecule is COc1ccc([C@H]2CCCN2C(=O)CN2CSCC2=O)cc1. The van der Waals surface area contributed by atoms with Crippen LogP contribution >= 0.6 is 11.8 Å². The van der Waals surface area contributed by atoms with Crippen LogP contribution in [0.4, 0.5) is 0 Å². The zero-order valence-electron chi connectivity index (χ0n) is 12.7. The van der Waals surface area contributed by atoms with Gasteiger partial charge in [-0.3, -0.25) is 9.59 Å². The molecular formula is C16H20N2O3S. The molecule has 0 aromatic heterocycles. The predicted octanol–water partition coefficient (Wildman–Crippen LogP) is 1.89. The fourth-order valence-electron chi connectivity index (χ4n) is 3.03. The van der Waals surface area contributed by atoms with Gasteiger partial charge in [0.1, 0.15) is 12.3 Å².